The van der Waals surface area contributed by atoms with E-state index in [9.17, 15) is 4.79 Å². The Labute approximate surface area is 147 Å². The van der Waals surface area contributed by atoms with E-state index in [2.05, 4.69) is 35.1 Å². The molecule has 0 bridgehead atoms. The molecule has 130 valence electrons. The number of aryl methyl sites for hydroxylation is 1. The molecule has 4 rings (SSSR count). The fourth-order valence-electron chi connectivity index (χ4n) is 3.86. The number of nitrogens with one attached hydrogen (secondary N) is 1. The van der Waals surface area contributed by atoms with E-state index in [1.807, 2.05) is 28.8 Å². The van der Waals surface area contributed by atoms with Gasteiger partial charge in [0.05, 0.1) is 11.0 Å². The zero-order valence-electron chi connectivity index (χ0n) is 14.5. The summed E-state index contributed by atoms with van der Waals surface area (Å²) in [5.74, 6) is 0. The van der Waals surface area contributed by atoms with Crippen LogP contribution in [0.4, 0.5) is 5.69 Å². The average molecular weight is 336 g/mol. The van der Waals surface area contributed by atoms with Crippen molar-refractivity contribution in [2.45, 2.75) is 31.8 Å². The van der Waals surface area contributed by atoms with Crippen LogP contribution in [0.2, 0.25) is 0 Å². The third kappa shape index (κ3) is 3.07. The Morgan fingerprint density at radius 1 is 1.24 bits per heavy atom. The molecule has 0 unspecified atom stereocenters. The van der Waals surface area contributed by atoms with Crippen LogP contribution < -0.4 is 11.4 Å². The summed E-state index contributed by atoms with van der Waals surface area (Å²) in [5.41, 5.74) is 11.2. The van der Waals surface area contributed by atoms with Crippen molar-refractivity contribution in [1.29, 1.82) is 0 Å². The highest BCUT2D eigenvalue weighted by Gasteiger charge is 2.25. The lowest BCUT2D eigenvalue weighted by Crippen LogP contribution is -2.42. The number of aromatic amines is 1. The molecule has 3 aromatic rings. The predicted octanol–water partition coefficient (Wildman–Crippen LogP) is 2.40. The Hall–Kier alpha value is -2.53. The summed E-state index contributed by atoms with van der Waals surface area (Å²) in [4.78, 5) is 17.6. The van der Waals surface area contributed by atoms with Gasteiger partial charge in [0.15, 0.2) is 0 Å². The molecule has 0 aliphatic carbocycles. The van der Waals surface area contributed by atoms with Crippen LogP contribution in [-0.4, -0.2) is 34.1 Å². The third-order valence-corrected chi connectivity index (χ3v) is 5.30. The van der Waals surface area contributed by atoms with Gasteiger partial charge in [-0.3, -0.25) is 4.57 Å². The van der Waals surface area contributed by atoms with E-state index >= 15 is 0 Å². The maximum atomic E-state index is 12.2. The van der Waals surface area contributed by atoms with E-state index in [4.69, 9.17) is 5.73 Å². The lowest BCUT2D eigenvalue weighted by Gasteiger charge is -2.31. The molecule has 1 aliphatic rings. The van der Waals surface area contributed by atoms with Crippen molar-refractivity contribution in [1.82, 2.24) is 14.5 Å². The average Bonchev–Trinajstić information content (AvgIpc) is 2.94. The Balaban J connectivity index is 1.42. The molecule has 25 heavy (non-hydrogen) atoms. The van der Waals surface area contributed by atoms with E-state index in [-0.39, 0.29) is 5.69 Å². The molecule has 2 heterocycles. The number of nitrogen functional groups attached to an aromatic ring is 1. The first-order valence-corrected chi connectivity index (χ1v) is 8.87. The number of para-hydroxylation sites is 1. The molecule has 0 fully saturated rings. The topological polar surface area (TPSA) is 67.0 Å². The van der Waals surface area contributed by atoms with Crippen LogP contribution in [0, 0.1) is 0 Å². The summed E-state index contributed by atoms with van der Waals surface area (Å²) in [6.45, 7) is 1.77. The number of nitrogens with zero attached hydrogens (tertiary/aromatic N) is 2. The largest absolute Gasteiger partial charge is 0.399 e. The van der Waals surface area contributed by atoms with Crippen molar-refractivity contribution >= 4 is 16.7 Å². The second-order valence-corrected chi connectivity index (χ2v) is 7.04. The zero-order valence-corrected chi connectivity index (χ0v) is 14.5. The Morgan fingerprint density at radius 3 is 2.84 bits per heavy atom. The molecule has 0 saturated carbocycles. The van der Waals surface area contributed by atoms with Gasteiger partial charge in [0.25, 0.3) is 0 Å². The van der Waals surface area contributed by atoms with Crippen LogP contribution in [0.5, 0.6) is 0 Å². The van der Waals surface area contributed by atoms with Crippen LogP contribution in [0.3, 0.4) is 0 Å². The van der Waals surface area contributed by atoms with Crippen LogP contribution in [0.15, 0.2) is 47.3 Å². The molecule has 1 atom stereocenters. The Kier molecular flexibility index (Phi) is 4.09. The molecule has 0 spiro atoms. The molecular formula is C20H24N4O. The molecule has 0 radical (unpaired) electrons. The smallest absolute Gasteiger partial charge is 0.326 e. The lowest BCUT2D eigenvalue weighted by atomic mass is 9.99. The van der Waals surface area contributed by atoms with E-state index < -0.39 is 0 Å². The molecule has 5 nitrogen and oxygen atoms in total. The number of benzene rings is 2. The summed E-state index contributed by atoms with van der Waals surface area (Å²) in [7, 11) is 2.16. The number of rotatable bonds is 5. The number of H-pyrrole nitrogens is 1. The summed E-state index contributed by atoms with van der Waals surface area (Å²) in [6.07, 6.45) is 3.13. The Morgan fingerprint density at radius 2 is 2.04 bits per heavy atom. The van der Waals surface area contributed by atoms with Gasteiger partial charge < -0.3 is 15.6 Å². The van der Waals surface area contributed by atoms with Crippen molar-refractivity contribution in [2.24, 2.45) is 0 Å². The van der Waals surface area contributed by atoms with Gasteiger partial charge in [-0.2, -0.15) is 0 Å². The Bertz CT molecular complexity index is 938. The molecule has 1 aliphatic heterocycles. The van der Waals surface area contributed by atoms with Gasteiger partial charge in [-0.25, -0.2) is 4.79 Å². The quantitative estimate of drug-likeness (QED) is 0.703. The highest BCUT2D eigenvalue weighted by atomic mass is 16.1. The predicted molar refractivity (Wildman–Crippen MR) is 102 cm³/mol. The standard InChI is InChI=1S/C20H24N4O/c1-23(11-3-4-14-7-9-16(21)10-8-14)17-12-15-5-2-6-18-19(15)24(13-17)20(25)22-18/h2,5-10,17H,3-4,11-13,21H2,1H3,(H,22,25)/t17-/m1/s1. The van der Waals surface area contributed by atoms with Crippen molar-refractivity contribution < 1.29 is 0 Å². The zero-order chi connectivity index (χ0) is 17.4. The number of nitrogens with two attached hydrogens (primary N) is 1. The number of imidazole rings is 1. The monoisotopic (exact) mass is 336 g/mol. The SMILES string of the molecule is CN(CCCc1ccc(N)cc1)[C@@H]1Cc2cccc3[nH]c(=O)n(c23)C1. The maximum Gasteiger partial charge on any atom is 0.326 e. The summed E-state index contributed by atoms with van der Waals surface area (Å²) in [5, 5.41) is 0. The minimum Gasteiger partial charge on any atom is -0.399 e. The van der Waals surface area contributed by atoms with Gasteiger partial charge >= 0.3 is 5.69 Å². The van der Waals surface area contributed by atoms with E-state index in [1.54, 1.807) is 0 Å². The first-order valence-electron chi connectivity index (χ1n) is 8.87. The van der Waals surface area contributed by atoms with E-state index in [0.717, 1.165) is 49.1 Å². The molecule has 0 saturated heterocycles. The van der Waals surface area contributed by atoms with Crippen LogP contribution in [0.1, 0.15) is 17.5 Å². The molecule has 3 N–H and O–H groups in total. The fraction of sp³-hybridized carbons (Fsp3) is 0.350. The van der Waals surface area contributed by atoms with Crippen molar-refractivity contribution in [2.75, 3.05) is 19.3 Å². The lowest BCUT2D eigenvalue weighted by molar-refractivity contribution is 0.211. The van der Waals surface area contributed by atoms with Crippen LogP contribution >= 0.6 is 0 Å². The molecular weight excluding hydrogens is 312 g/mol. The van der Waals surface area contributed by atoms with Gasteiger partial charge in [-0.05, 0) is 62.2 Å². The number of aromatic nitrogens is 2. The van der Waals surface area contributed by atoms with Gasteiger partial charge in [0.1, 0.15) is 0 Å². The van der Waals surface area contributed by atoms with Gasteiger partial charge in [0.2, 0.25) is 0 Å². The minimum absolute atomic E-state index is 0.00224. The summed E-state index contributed by atoms with van der Waals surface area (Å²) < 4.78 is 1.90. The summed E-state index contributed by atoms with van der Waals surface area (Å²) in [6, 6.07) is 14.6. The normalized spacial score (nSPS) is 16.6. The fourth-order valence-corrected chi connectivity index (χ4v) is 3.86. The van der Waals surface area contributed by atoms with Gasteiger partial charge in [-0.15, -0.1) is 0 Å². The van der Waals surface area contributed by atoms with Gasteiger partial charge in [0, 0.05) is 18.3 Å². The molecule has 2 aromatic carbocycles. The highest BCUT2D eigenvalue weighted by molar-refractivity contribution is 5.79. The van der Waals surface area contributed by atoms with Crippen LogP contribution in [-0.2, 0) is 19.4 Å². The van der Waals surface area contributed by atoms with Crippen LogP contribution in [0.25, 0.3) is 11.0 Å². The maximum absolute atomic E-state index is 12.2. The number of hydrogen-bond donors (Lipinski definition) is 2. The van der Waals surface area contributed by atoms with Gasteiger partial charge in [-0.1, -0.05) is 24.3 Å². The number of likely N-dealkylation sites (N-methyl/N-ethyl adjacent to an activating group) is 1. The summed E-state index contributed by atoms with van der Waals surface area (Å²) >= 11 is 0. The highest BCUT2D eigenvalue weighted by Crippen LogP contribution is 2.24. The number of hydrogen-bond acceptors (Lipinski definition) is 3. The molecule has 5 heteroatoms. The molecule has 0 amide bonds. The second-order valence-electron chi connectivity index (χ2n) is 7.04. The first kappa shape index (κ1) is 16.0. The number of anilines is 1. The second kappa shape index (κ2) is 6.41. The first-order chi connectivity index (χ1) is 12.1. The molecule has 1 aromatic heterocycles. The van der Waals surface area contributed by atoms with E-state index in [0.29, 0.717) is 6.04 Å². The van der Waals surface area contributed by atoms with Crippen molar-refractivity contribution in [3.8, 4) is 0 Å². The third-order valence-electron chi connectivity index (χ3n) is 5.30. The van der Waals surface area contributed by atoms with Crippen molar-refractivity contribution in [3.63, 3.8) is 0 Å². The van der Waals surface area contributed by atoms with E-state index in [1.165, 1.54) is 11.1 Å². The van der Waals surface area contributed by atoms with Crippen molar-refractivity contribution in [3.05, 3.63) is 64.1 Å². The minimum atomic E-state index is 0.00224.